The zero-order chi connectivity index (χ0) is 13.3. The first-order valence-electron chi connectivity index (χ1n) is 5.82. The summed E-state index contributed by atoms with van der Waals surface area (Å²) in [5.41, 5.74) is 0.659. The Morgan fingerprint density at radius 3 is 2.72 bits per heavy atom. The Morgan fingerprint density at radius 2 is 2.11 bits per heavy atom. The number of aromatic hydroxyl groups is 1. The number of carbonyl (C=O) groups excluding carboxylic acids is 1. The Balaban J connectivity index is 2.42. The van der Waals surface area contributed by atoms with Gasteiger partial charge < -0.3 is 5.11 Å². The van der Waals surface area contributed by atoms with Crippen LogP contribution < -0.4 is 5.12 Å². The van der Waals surface area contributed by atoms with Crippen molar-refractivity contribution >= 4 is 18.2 Å². The molecule has 1 aromatic rings. The summed E-state index contributed by atoms with van der Waals surface area (Å²) in [6, 6.07) is 5.05. The van der Waals surface area contributed by atoms with Crippen LogP contribution in [-0.4, -0.2) is 34.7 Å². The van der Waals surface area contributed by atoms with Crippen LogP contribution in [0.5, 0.6) is 5.75 Å². The molecule has 1 aromatic carbocycles. The van der Waals surface area contributed by atoms with Crippen LogP contribution >= 0.6 is 0 Å². The van der Waals surface area contributed by atoms with E-state index in [4.69, 9.17) is 0 Å². The molecule has 1 aliphatic rings. The number of phenols is 1. The van der Waals surface area contributed by atoms with Crippen molar-refractivity contribution in [3.8, 4) is 5.75 Å². The Morgan fingerprint density at radius 1 is 1.39 bits per heavy atom. The quantitative estimate of drug-likeness (QED) is 0.812. The van der Waals surface area contributed by atoms with E-state index >= 15 is 0 Å². The Bertz CT molecular complexity index is 491. The summed E-state index contributed by atoms with van der Waals surface area (Å²) in [6.45, 7) is 6.87. The molecule has 5 heteroatoms. The van der Waals surface area contributed by atoms with Crippen molar-refractivity contribution in [2.75, 3.05) is 11.7 Å². The lowest BCUT2D eigenvalue weighted by molar-refractivity contribution is 0.112. The summed E-state index contributed by atoms with van der Waals surface area (Å²) >= 11 is 0. The zero-order valence-electron chi connectivity index (χ0n) is 10.8. The van der Waals surface area contributed by atoms with Gasteiger partial charge in [0.05, 0.1) is 12.1 Å². The molecule has 96 valence electrons. The summed E-state index contributed by atoms with van der Waals surface area (Å²) in [5, 5.41) is 18.0. The maximum Gasteiger partial charge on any atom is 0.153 e. The molecule has 1 aliphatic heterocycles. The van der Waals surface area contributed by atoms with Gasteiger partial charge in [-0.05, 0) is 32.9 Å². The van der Waals surface area contributed by atoms with E-state index < -0.39 is 0 Å². The fourth-order valence-corrected chi connectivity index (χ4v) is 1.89. The molecule has 0 aromatic heterocycles. The first-order chi connectivity index (χ1) is 8.45. The number of rotatable bonds is 2. The molecule has 0 atom stereocenters. The lowest BCUT2D eigenvalue weighted by atomic mass is 10.1. The molecular weight excluding hydrogens is 230 g/mol. The van der Waals surface area contributed by atoms with Crippen LogP contribution in [0.3, 0.4) is 0 Å². The van der Waals surface area contributed by atoms with Crippen LogP contribution in [0, 0.1) is 0 Å². The van der Waals surface area contributed by atoms with Crippen LogP contribution in [0.15, 0.2) is 23.3 Å². The molecule has 0 amide bonds. The smallest absolute Gasteiger partial charge is 0.153 e. The van der Waals surface area contributed by atoms with Crippen LogP contribution in [0.2, 0.25) is 0 Å². The normalized spacial score (nSPS) is 16.3. The van der Waals surface area contributed by atoms with Crippen LogP contribution in [0.1, 0.15) is 31.1 Å². The fourth-order valence-electron chi connectivity index (χ4n) is 1.89. The van der Waals surface area contributed by atoms with E-state index in [-0.39, 0.29) is 16.9 Å². The first kappa shape index (κ1) is 12.6. The predicted octanol–water partition coefficient (Wildman–Crippen LogP) is 2.03. The highest BCUT2D eigenvalue weighted by atomic mass is 16.3. The maximum absolute atomic E-state index is 10.8. The SMILES string of the molecule is CC(C)(C)N1CC=NN1c1cccc(C=O)c1O. The molecule has 0 unspecified atom stereocenters. The number of nitrogens with zero attached hydrogens (tertiary/aromatic N) is 3. The molecule has 1 N–H and O–H groups in total. The summed E-state index contributed by atoms with van der Waals surface area (Å²) in [4.78, 5) is 10.8. The number of benzene rings is 1. The Hall–Kier alpha value is -1.88. The molecule has 0 aliphatic carbocycles. The minimum atomic E-state index is -0.125. The number of aldehydes is 1. The Kier molecular flexibility index (Phi) is 3.09. The van der Waals surface area contributed by atoms with Gasteiger partial charge >= 0.3 is 0 Å². The lowest BCUT2D eigenvalue weighted by Gasteiger charge is -2.37. The van der Waals surface area contributed by atoms with Gasteiger partial charge in [0.2, 0.25) is 0 Å². The van der Waals surface area contributed by atoms with Crippen molar-refractivity contribution in [3.63, 3.8) is 0 Å². The van der Waals surface area contributed by atoms with E-state index in [0.717, 1.165) is 0 Å². The second kappa shape index (κ2) is 4.42. The van der Waals surface area contributed by atoms with Gasteiger partial charge in [0.15, 0.2) is 12.0 Å². The van der Waals surface area contributed by atoms with Gasteiger partial charge in [-0.1, -0.05) is 6.07 Å². The van der Waals surface area contributed by atoms with Gasteiger partial charge in [0.25, 0.3) is 0 Å². The number of phenolic OH excluding ortho intramolecular Hbond substituents is 1. The monoisotopic (exact) mass is 247 g/mol. The number of hydrogen-bond acceptors (Lipinski definition) is 5. The standard InChI is InChI=1S/C13H17N3O2/c1-13(2,3)15-8-7-14-16(15)11-6-4-5-10(9-17)12(11)18/h4-7,9,18H,8H2,1-3H3. The largest absolute Gasteiger partial charge is 0.505 e. The number of para-hydroxylation sites is 1. The highest BCUT2D eigenvalue weighted by Gasteiger charge is 2.31. The van der Waals surface area contributed by atoms with Gasteiger partial charge in [-0.3, -0.25) is 4.79 Å². The minimum absolute atomic E-state index is 0.0409. The van der Waals surface area contributed by atoms with Crippen LogP contribution in [-0.2, 0) is 0 Å². The molecule has 0 saturated heterocycles. The topological polar surface area (TPSA) is 56.1 Å². The summed E-state index contributed by atoms with van der Waals surface area (Å²) in [7, 11) is 0. The molecule has 5 nitrogen and oxygen atoms in total. The second-order valence-corrected chi connectivity index (χ2v) is 5.17. The molecule has 0 saturated carbocycles. The minimum Gasteiger partial charge on any atom is -0.505 e. The Labute approximate surface area is 106 Å². The maximum atomic E-state index is 10.8. The molecule has 0 fully saturated rings. The fraction of sp³-hybridized carbons (Fsp3) is 0.385. The van der Waals surface area contributed by atoms with E-state index in [1.165, 1.54) is 0 Å². The highest BCUT2D eigenvalue weighted by Crippen LogP contribution is 2.34. The third-order valence-electron chi connectivity index (χ3n) is 2.84. The third-order valence-corrected chi connectivity index (χ3v) is 2.84. The van der Waals surface area contributed by atoms with Crippen molar-refractivity contribution < 1.29 is 9.90 Å². The molecule has 18 heavy (non-hydrogen) atoms. The number of hydrazone groups is 1. The lowest BCUT2D eigenvalue weighted by Crippen LogP contribution is -2.48. The molecule has 0 spiro atoms. The van der Waals surface area contributed by atoms with Gasteiger partial charge in [-0.15, -0.1) is 0 Å². The van der Waals surface area contributed by atoms with E-state index in [1.54, 1.807) is 29.5 Å². The van der Waals surface area contributed by atoms with E-state index in [2.05, 4.69) is 25.9 Å². The molecular formula is C13H17N3O2. The van der Waals surface area contributed by atoms with Crippen molar-refractivity contribution in [1.29, 1.82) is 0 Å². The van der Waals surface area contributed by atoms with Crippen molar-refractivity contribution in [3.05, 3.63) is 23.8 Å². The molecule has 0 bridgehead atoms. The number of anilines is 1. The zero-order valence-corrected chi connectivity index (χ0v) is 10.8. The van der Waals surface area contributed by atoms with Crippen molar-refractivity contribution in [2.45, 2.75) is 26.3 Å². The van der Waals surface area contributed by atoms with E-state index in [1.807, 2.05) is 5.01 Å². The molecule has 2 rings (SSSR count). The van der Waals surface area contributed by atoms with Crippen molar-refractivity contribution in [1.82, 2.24) is 5.01 Å². The summed E-state index contributed by atoms with van der Waals surface area (Å²) in [5.74, 6) is -0.0409. The summed E-state index contributed by atoms with van der Waals surface area (Å²) < 4.78 is 0. The molecule has 0 radical (unpaired) electrons. The van der Waals surface area contributed by atoms with Crippen LogP contribution in [0.4, 0.5) is 5.69 Å². The predicted molar refractivity (Wildman–Crippen MR) is 70.9 cm³/mol. The van der Waals surface area contributed by atoms with E-state index in [0.29, 0.717) is 18.5 Å². The number of carbonyl (C=O) groups is 1. The summed E-state index contributed by atoms with van der Waals surface area (Å²) in [6.07, 6.45) is 2.42. The second-order valence-electron chi connectivity index (χ2n) is 5.17. The first-order valence-corrected chi connectivity index (χ1v) is 5.82. The van der Waals surface area contributed by atoms with E-state index in [9.17, 15) is 9.90 Å². The van der Waals surface area contributed by atoms with Gasteiger partial charge in [0.1, 0.15) is 5.69 Å². The van der Waals surface area contributed by atoms with Gasteiger partial charge in [0, 0.05) is 11.8 Å². The molecule has 1 heterocycles. The van der Waals surface area contributed by atoms with Gasteiger partial charge in [-0.2, -0.15) is 15.2 Å². The highest BCUT2D eigenvalue weighted by molar-refractivity contribution is 5.84. The number of hydrazine groups is 1. The van der Waals surface area contributed by atoms with Gasteiger partial charge in [-0.25, -0.2) is 0 Å². The number of hydrogen-bond donors (Lipinski definition) is 1. The van der Waals surface area contributed by atoms with Crippen molar-refractivity contribution in [2.24, 2.45) is 5.10 Å². The average Bonchev–Trinajstić information content (AvgIpc) is 2.78. The van der Waals surface area contributed by atoms with Crippen LogP contribution in [0.25, 0.3) is 0 Å². The average molecular weight is 247 g/mol. The third kappa shape index (κ3) is 2.09.